The lowest BCUT2D eigenvalue weighted by Gasteiger charge is -2.35. The first-order valence-corrected chi connectivity index (χ1v) is 11.9. The van der Waals surface area contributed by atoms with E-state index < -0.39 is 0 Å². The molecule has 2 aromatic heterocycles. The first kappa shape index (κ1) is 19.9. The van der Waals surface area contributed by atoms with Gasteiger partial charge >= 0.3 is 0 Å². The molecule has 2 aliphatic rings. The van der Waals surface area contributed by atoms with Crippen molar-refractivity contribution in [2.75, 3.05) is 18.8 Å². The van der Waals surface area contributed by atoms with Crippen molar-refractivity contribution in [1.82, 2.24) is 14.5 Å². The van der Waals surface area contributed by atoms with E-state index in [9.17, 15) is 9.59 Å². The van der Waals surface area contributed by atoms with Gasteiger partial charge in [0.1, 0.15) is 4.83 Å². The zero-order chi connectivity index (χ0) is 19.8. The molecule has 0 saturated carbocycles. The zero-order valence-corrected chi connectivity index (χ0v) is 18.3. The molecule has 3 heterocycles. The van der Waals surface area contributed by atoms with Gasteiger partial charge in [-0.15, -0.1) is 11.3 Å². The summed E-state index contributed by atoms with van der Waals surface area (Å²) >= 11 is 3.04. The van der Waals surface area contributed by atoms with E-state index in [1.165, 1.54) is 22.2 Å². The second-order valence-corrected chi connectivity index (χ2v) is 9.76. The van der Waals surface area contributed by atoms with Gasteiger partial charge in [0.15, 0.2) is 5.16 Å². The molecule has 0 aromatic carbocycles. The van der Waals surface area contributed by atoms with Gasteiger partial charge in [-0.1, -0.05) is 18.7 Å². The minimum Gasteiger partial charge on any atom is -0.372 e. The average molecular weight is 422 g/mol. The molecule has 8 heteroatoms. The van der Waals surface area contributed by atoms with E-state index in [2.05, 4.69) is 6.92 Å². The second-order valence-electron chi connectivity index (χ2n) is 7.73. The van der Waals surface area contributed by atoms with Crippen molar-refractivity contribution in [2.45, 2.75) is 70.4 Å². The van der Waals surface area contributed by atoms with E-state index in [-0.39, 0.29) is 23.7 Å². The third kappa shape index (κ3) is 3.74. The number of aromatic nitrogens is 2. The van der Waals surface area contributed by atoms with E-state index in [0.717, 1.165) is 35.9 Å². The molecular formula is C20H27N3O3S2. The topological polar surface area (TPSA) is 64.4 Å². The number of morpholine rings is 1. The van der Waals surface area contributed by atoms with E-state index >= 15 is 0 Å². The van der Waals surface area contributed by atoms with Crippen LogP contribution in [0.1, 0.15) is 44.1 Å². The van der Waals surface area contributed by atoms with E-state index in [0.29, 0.717) is 30.5 Å². The highest BCUT2D eigenvalue weighted by Gasteiger charge is 2.27. The highest BCUT2D eigenvalue weighted by atomic mass is 32.2. The second kappa shape index (κ2) is 8.16. The summed E-state index contributed by atoms with van der Waals surface area (Å²) in [6.07, 6.45) is 4.14. The summed E-state index contributed by atoms with van der Waals surface area (Å²) in [5, 5.41) is 1.49. The highest BCUT2D eigenvalue weighted by molar-refractivity contribution is 7.99. The Morgan fingerprint density at radius 1 is 1.29 bits per heavy atom. The number of hydrogen-bond acceptors (Lipinski definition) is 6. The summed E-state index contributed by atoms with van der Waals surface area (Å²) in [6, 6.07) is 0. The number of rotatable bonds is 5. The van der Waals surface area contributed by atoms with E-state index in [1.54, 1.807) is 15.9 Å². The van der Waals surface area contributed by atoms with Crippen LogP contribution in [0.25, 0.3) is 10.2 Å². The maximum absolute atomic E-state index is 13.2. The van der Waals surface area contributed by atoms with Crippen molar-refractivity contribution >= 4 is 39.2 Å². The van der Waals surface area contributed by atoms with Crippen LogP contribution in [0.3, 0.4) is 0 Å². The molecule has 152 valence electrons. The number of thioether (sulfide) groups is 1. The summed E-state index contributed by atoms with van der Waals surface area (Å²) in [7, 11) is 0. The first-order chi connectivity index (χ1) is 13.5. The van der Waals surface area contributed by atoms with Gasteiger partial charge in [0.25, 0.3) is 5.56 Å². The molecule has 4 rings (SSSR count). The number of fused-ring (bicyclic) bond motifs is 3. The van der Waals surface area contributed by atoms with Gasteiger partial charge in [0, 0.05) is 24.5 Å². The summed E-state index contributed by atoms with van der Waals surface area (Å²) < 4.78 is 7.49. The normalized spacial score (nSPS) is 22.0. The molecular weight excluding hydrogens is 394 g/mol. The molecule has 0 radical (unpaired) electrons. The van der Waals surface area contributed by atoms with Crippen molar-refractivity contribution in [3.05, 3.63) is 20.8 Å². The molecule has 0 unspecified atom stereocenters. The predicted octanol–water partition coefficient (Wildman–Crippen LogP) is 3.08. The van der Waals surface area contributed by atoms with Crippen LogP contribution < -0.4 is 5.56 Å². The monoisotopic (exact) mass is 421 g/mol. The SMILES string of the molecule is CCCn1c(SCC(=O)N2C[C@H](C)O[C@@H](C)C2)nc2sc3c(c2c1=O)CCC3. The number of carbonyl (C=O) groups is 1. The Hall–Kier alpha value is -1.38. The number of ether oxygens (including phenoxy) is 1. The van der Waals surface area contributed by atoms with Crippen LogP contribution in [0.5, 0.6) is 0 Å². The zero-order valence-electron chi connectivity index (χ0n) is 16.7. The van der Waals surface area contributed by atoms with Crippen molar-refractivity contribution < 1.29 is 9.53 Å². The van der Waals surface area contributed by atoms with Crippen molar-refractivity contribution in [3.8, 4) is 0 Å². The lowest BCUT2D eigenvalue weighted by molar-refractivity contribution is -0.140. The van der Waals surface area contributed by atoms with E-state index in [4.69, 9.17) is 9.72 Å². The van der Waals surface area contributed by atoms with Crippen LogP contribution in [0.2, 0.25) is 0 Å². The number of carbonyl (C=O) groups excluding carboxylic acids is 1. The number of amides is 1. The summed E-state index contributed by atoms with van der Waals surface area (Å²) in [6.45, 7) is 7.92. The molecule has 2 atom stereocenters. The summed E-state index contributed by atoms with van der Waals surface area (Å²) in [5.74, 6) is 0.379. The van der Waals surface area contributed by atoms with Crippen molar-refractivity contribution in [1.29, 1.82) is 0 Å². The average Bonchev–Trinajstić information content (AvgIpc) is 3.22. The van der Waals surface area contributed by atoms with Crippen molar-refractivity contribution in [2.24, 2.45) is 0 Å². The minimum atomic E-state index is 0.0546. The highest BCUT2D eigenvalue weighted by Crippen LogP contribution is 2.35. The third-order valence-electron chi connectivity index (χ3n) is 5.33. The van der Waals surface area contributed by atoms with Gasteiger partial charge in [-0.05, 0) is 45.1 Å². The molecule has 6 nitrogen and oxygen atoms in total. The largest absolute Gasteiger partial charge is 0.372 e. The van der Waals surface area contributed by atoms with Crippen LogP contribution in [-0.2, 0) is 28.9 Å². The Balaban J connectivity index is 1.58. The Bertz CT molecular complexity index is 942. The van der Waals surface area contributed by atoms with Crippen LogP contribution in [0.15, 0.2) is 9.95 Å². The number of hydrogen-bond donors (Lipinski definition) is 0. The fraction of sp³-hybridized carbons (Fsp3) is 0.650. The maximum atomic E-state index is 13.2. The molecule has 0 spiro atoms. The van der Waals surface area contributed by atoms with Gasteiger partial charge in [-0.3, -0.25) is 14.2 Å². The quantitative estimate of drug-likeness (QED) is 0.548. The lowest BCUT2D eigenvalue weighted by Crippen LogP contribution is -2.48. The van der Waals surface area contributed by atoms with Crippen LogP contribution in [0.4, 0.5) is 0 Å². The Labute approximate surface area is 173 Å². The van der Waals surface area contributed by atoms with Gasteiger partial charge < -0.3 is 9.64 Å². The van der Waals surface area contributed by atoms with Crippen LogP contribution >= 0.6 is 23.1 Å². The van der Waals surface area contributed by atoms with Gasteiger partial charge in [0.05, 0.1) is 23.3 Å². The summed E-state index contributed by atoms with van der Waals surface area (Å²) in [5.41, 5.74) is 1.28. The number of aryl methyl sites for hydroxylation is 2. The van der Waals surface area contributed by atoms with Crippen LogP contribution in [0, 0.1) is 0 Å². The minimum absolute atomic E-state index is 0.0546. The Morgan fingerprint density at radius 2 is 2.04 bits per heavy atom. The van der Waals surface area contributed by atoms with Gasteiger partial charge in [-0.2, -0.15) is 0 Å². The first-order valence-electron chi connectivity index (χ1n) is 10.1. The molecule has 1 fully saturated rings. The molecule has 2 aromatic rings. The van der Waals surface area contributed by atoms with Gasteiger partial charge in [0.2, 0.25) is 5.91 Å². The fourth-order valence-electron chi connectivity index (χ4n) is 4.19. The Kier molecular flexibility index (Phi) is 5.81. The molecule has 28 heavy (non-hydrogen) atoms. The predicted molar refractivity (Wildman–Crippen MR) is 114 cm³/mol. The van der Waals surface area contributed by atoms with E-state index in [1.807, 2.05) is 18.7 Å². The van der Waals surface area contributed by atoms with Crippen LogP contribution in [-0.4, -0.2) is 51.4 Å². The smallest absolute Gasteiger partial charge is 0.263 e. The molecule has 1 aliphatic carbocycles. The maximum Gasteiger partial charge on any atom is 0.263 e. The van der Waals surface area contributed by atoms with Gasteiger partial charge in [-0.25, -0.2) is 4.98 Å². The molecule has 1 amide bonds. The number of thiophene rings is 1. The molecule has 1 aliphatic heterocycles. The van der Waals surface area contributed by atoms with Crippen molar-refractivity contribution in [3.63, 3.8) is 0 Å². The Morgan fingerprint density at radius 3 is 2.75 bits per heavy atom. The standard InChI is InChI=1S/C20H27N3O3S2/c1-4-8-23-19(25)17-14-6-5-7-15(14)28-18(17)21-20(23)27-11-16(24)22-9-12(2)26-13(3)10-22/h12-13H,4-11H2,1-3H3/t12-,13-/m0/s1. The molecule has 1 saturated heterocycles. The lowest BCUT2D eigenvalue weighted by atomic mass is 10.2. The molecule has 0 bridgehead atoms. The third-order valence-corrected chi connectivity index (χ3v) is 7.48. The number of nitrogens with zero attached hydrogens (tertiary/aromatic N) is 3. The fourth-order valence-corrected chi connectivity index (χ4v) is 6.42. The summed E-state index contributed by atoms with van der Waals surface area (Å²) in [4.78, 5) is 34.8. The molecule has 0 N–H and O–H groups in total.